The summed E-state index contributed by atoms with van der Waals surface area (Å²) in [6.07, 6.45) is 7.51. The maximum atomic E-state index is 5.10. The van der Waals surface area contributed by atoms with Crippen LogP contribution in [0, 0.1) is 4.64 Å². The SMILES string of the molecule is S=c1cncc(-c2cccc(C3CCC3)c2)[nH]1. The van der Waals surface area contributed by atoms with Crippen molar-refractivity contribution >= 4 is 12.2 Å². The van der Waals surface area contributed by atoms with E-state index in [1.165, 1.54) is 30.4 Å². The van der Waals surface area contributed by atoms with E-state index in [9.17, 15) is 0 Å². The highest BCUT2D eigenvalue weighted by Gasteiger charge is 2.19. The van der Waals surface area contributed by atoms with E-state index in [0.29, 0.717) is 4.64 Å². The van der Waals surface area contributed by atoms with Crippen LogP contribution in [-0.2, 0) is 0 Å². The first kappa shape index (κ1) is 10.7. The van der Waals surface area contributed by atoms with Crippen LogP contribution in [0.15, 0.2) is 36.7 Å². The van der Waals surface area contributed by atoms with Gasteiger partial charge in [-0.1, -0.05) is 36.8 Å². The zero-order chi connectivity index (χ0) is 11.7. The summed E-state index contributed by atoms with van der Waals surface area (Å²) in [6.45, 7) is 0. The van der Waals surface area contributed by atoms with Crippen LogP contribution in [-0.4, -0.2) is 9.97 Å². The molecular formula is C14H14N2S. The molecule has 1 saturated carbocycles. The van der Waals surface area contributed by atoms with Crippen LogP contribution in [0.4, 0.5) is 0 Å². The Morgan fingerprint density at radius 3 is 2.82 bits per heavy atom. The zero-order valence-corrected chi connectivity index (χ0v) is 10.3. The Kier molecular flexibility index (Phi) is 2.77. The van der Waals surface area contributed by atoms with Crippen LogP contribution in [0.2, 0.25) is 0 Å². The average molecular weight is 242 g/mol. The number of nitrogens with one attached hydrogen (secondary N) is 1. The van der Waals surface area contributed by atoms with E-state index in [4.69, 9.17) is 12.2 Å². The number of H-pyrrole nitrogens is 1. The van der Waals surface area contributed by atoms with E-state index in [-0.39, 0.29) is 0 Å². The first-order valence-electron chi connectivity index (χ1n) is 5.97. The summed E-state index contributed by atoms with van der Waals surface area (Å²) in [5.74, 6) is 0.759. The van der Waals surface area contributed by atoms with Crippen LogP contribution in [0.5, 0.6) is 0 Å². The molecule has 0 amide bonds. The summed E-state index contributed by atoms with van der Waals surface area (Å²) in [5.41, 5.74) is 3.61. The van der Waals surface area contributed by atoms with Gasteiger partial charge in [-0.25, -0.2) is 0 Å². The summed E-state index contributed by atoms with van der Waals surface area (Å²) < 4.78 is 0.677. The fourth-order valence-electron chi connectivity index (χ4n) is 2.23. The lowest BCUT2D eigenvalue weighted by molar-refractivity contribution is 0.420. The van der Waals surface area contributed by atoms with Gasteiger partial charge in [0, 0.05) is 0 Å². The van der Waals surface area contributed by atoms with Gasteiger partial charge in [0.2, 0.25) is 0 Å². The van der Waals surface area contributed by atoms with Crippen molar-refractivity contribution in [1.82, 2.24) is 9.97 Å². The first-order valence-corrected chi connectivity index (χ1v) is 6.38. The van der Waals surface area contributed by atoms with Crippen molar-refractivity contribution in [2.24, 2.45) is 0 Å². The summed E-state index contributed by atoms with van der Waals surface area (Å²) in [5, 5.41) is 0. The molecule has 0 saturated heterocycles. The quantitative estimate of drug-likeness (QED) is 0.804. The number of hydrogen-bond acceptors (Lipinski definition) is 2. The van der Waals surface area contributed by atoms with Gasteiger partial charge < -0.3 is 4.98 Å². The number of nitrogens with zero attached hydrogens (tertiary/aromatic N) is 1. The summed E-state index contributed by atoms with van der Waals surface area (Å²) in [4.78, 5) is 7.31. The minimum Gasteiger partial charge on any atom is -0.344 e. The van der Waals surface area contributed by atoms with Crippen LogP contribution in [0.1, 0.15) is 30.7 Å². The van der Waals surface area contributed by atoms with E-state index in [1.807, 2.05) is 6.20 Å². The Bertz CT molecular complexity index is 585. The van der Waals surface area contributed by atoms with Gasteiger partial charge in [-0.2, -0.15) is 0 Å². The van der Waals surface area contributed by atoms with Gasteiger partial charge in [0.1, 0.15) is 4.64 Å². The molecule has 2 aromatic rings. The second-order valence-corrected chi connectivity index (χ2v) is 5.00. The second-order valence-electron chi connectivity index (χ2n) is 4.56. The largest absolute Gasteiger partial charge is 0.344 e. The van der Waals surface area contributed by atoms with Crippen molar-refractivity contribution in [3.8, 4) is 11.3 Å². The van der Waals surface area contributed by atoms with Gasteiger partial charge in [-0.3, -0.25) is 4.98 Å². The van der Waals surface area contributed by atoms with E-state index < -0.39 is 0 Å². The molecule has 1 aromatic heterocycles. The maximum Gasteiger partial charge on any atom is 0.122 e. The monoisotopic (exact) mass is 242 g/mol. The molecule has 17 heavy (non-hydrogen) atoms. The molecule has 0 atom stereocenters. The Morgan fingerprint density at radius 1 is 1.24 bits per heavy atom. The molecule has 1 N–H and O–H groups in total. The smallest absolute Gasteiger partial charge is 0.122 e. The number of aromatic nitrogens is 2. The molecule has 0 spiro atoms. The predicted octanol–water partition coefficient (Wildman–Crippen LogP) is 4.07. The molecule has 0 unspecified atom stereocenters. The van der Waals surface area contributed by atoms with Gasteiger partial charge in [0.15, 0.2) is 0 Å². The fraction of sp³-hybridized carbons (Fsp3) is 0.286. The van der Waals surface area contributed by atoms with Crippen molar-refractivity contribution in [1.29, 1.82) is 0 Å². The number of aromatic amines is 1. The average Bonchev–Trinajstić information content (AvgIpc) is 2.27. The zero-order valence-electron chi connectivity index (χ0n) is 9.52. The van der Waals surface area contributed by atoms with Crippen molar-refractivity contribution in [3.05, 3.63) is 46.9 Å². The lowest BCUT2D eigenvalue weighted by Gasteiger charge is -2.26. The third-order valence-corrected chi connectivity index (χ3v) is 3.63. The first-order chi connectivity index (χ1) is 8.33. The molecule has 3 rings (SSSR count). The molecule has 2 nitrogen and oxygen atoms in total. The van der Waals surface area contributed by atoms with Crippen LogP contribution in [0.3, 0.4) is 0 Å². The summed E-state index contributed by atoms with van der Waals surface area (Å²) in [6, 6.07) is 8.70. The Hall–Kier alpha value is -1.48. The Morgan fingerprint density at radius 2 is 2.12 bits per heavy atom. The normalized spacial score (nSPS) is 15.5. The highest BCUT2D eigenvalue weighted by atomic mass is 32.1. The standard InChI is InChI=1S/C14H14N2S/c17-14-9-15-8-13(16-14)12-6-2-5-11(7-12)10-3-1-4-10/h2,5-10H,1,3-4H2,(H,16,17). The lowest BCUT2D eigenvalue weighted by atomic mass is 9.79. The van der Waals surface area contributed by atoms with Crippen LogP contribution < -0.4 is 0 Å². The molecule has 1 aromatic carbocycles. The molecule has 0 radical (unpaired) electrons. The molecule has 3 heteroatoms. The molecule has 1 heterocycles. The van der Waals surface area contributed by atoms with E-state index >= 15 is 0 Å². The number of benzene rings is 1. The lowest BCUT2D eigenvalue weighted by Crippen LogP contribution is -2.08. The molecular weight excluding hydrogens is 228 g/mol. The Balaban J connectivity index is 2.00. The maximum absolute atomic E-state index is 5.10. The molecule has 1 fully saturated rings. The van der Waals surface area contributed by atoms with Crippen molar-refractivity contribution in [3.63, 3.8) is 0 Å². The second kappa shape index (κ2) is 4.41. The van der Waals surface area contributed by atoms with Gasteiger partial charge >= 0.3 is 0 Å². The molecule has 0 bridgehead atoms. The third kappa shape index (κ3) is 2.15. The molecule has 86 valence electrons. The van der Waals surface area contributed by atoms with E-state index in [0.717, 1.165) is 11.6 Å². The van der Waals surface area contributed by atoms with Gasteiger partial charge in [0.05, 0.1) is 18.1 Å². The van der Waals surface area contributed by atoms with Gasteiger partial charge in [0.25, 0.3) is 0 Å². The van der Waals surface area contributed by atoms with Crippen LogP contribution in [0.25, 0.3) is 11.3 Å². The summed E-state index contributed by atoms with van der Waals surface area (Å²) in [7, 11) is 0. The predicted molar refractivity (Wildman–Crippen MR) is 71.4 cm³/mol. The number of rotatable bonds is 2. The topological polar surface area (TPSA) is 28.7 Å². The fourth-order valence-corrected chi connectivity index (χ4v) is 2.40. The third-order valence-electron chi connectivity index (χ3n) is 3.43. The number of hydrogen-bond donors (Lipinski definition) is 1. The van der Waals surface area contributed by atoms with Crippen molar-refractivity contribution in [2.45, 2.75) is 25.2 Å². The Labute approximate surface area is 106 Å². The van der Waals surface area contributed by atoms with Crippen molar-refractivity contribution in [2.75, 3.05) is 0 Å². The van der Waals surface area contributed by atoms with Crippen molar-refractivity contribution < 1.29 is 0 Å². The minimum atomic E-state index is 0.677. The van der Waals surface area contributed by atoms with E-state index in [1.54, 1.807) is 6.20 Å². The van der Waals surface area contributed by atoms with Gasteiger partial charge in [-0.15, -0.1) is 0 Å². The molecule has 1 aliphatic carbocycles. The highest BCUT2D eigenvalue weighted by molar-refractivity contribution is 7.71. The minimum absolute atomic E-state index is 0.677. The highest BCUT2D eigenvalue weighted by Crippen LogP contribution is 2.37. The van der Waals surface area contributed by atoms with Gasteiger partial charge in [-0.05, 0) is 36.0 Å². The van der Waals surface area contributed by atoms with Crippen LogP contribution >= 0.6 is 12.2 Å². The van der Waals surface area contributed by atoms with E-state index in [2.05, 4.69) is 34.2 Å². The molecule has 1 aliphatic rings. The summed E-state index contributed by atoms with van der Waals surface area (Å²) >= 11 is 5.10. The molecule has 0 aliphatic heterocycles.